The molecule has 82 valence electrons. The molecule has 0 amide bonds. The molecule has 2 unspecified atom stereocenters. The Morgan fingerprint density at radius 1 is 1.00 bits per heavy atom. The summed E-state index contributed by atoms with van der Waals surface area (Å²) in [4.78, 5) is 4.27. The van der Waals surface area contributed by atoms with Crippen molar-refractivity contribution in [3.8, 4) is 0 Å². The van der Waals surface area contributed by atoms with Crippen molar-refractivity contribution in [2.45, 2.75) is 50.5 Å². The number of nitrogens with zero attached hydrogens (tertiary/aromatic N) is 2. The van der Waals surface area contributed by atoms with Crippen LogP contribution in [0.1, 0.15) is 27.7 Å². The van der Waals surface area contributed by atoms with Gasteiger partial charge in [0.15, 0.2) is 5.11 Å². The molecule has 2 atom stereocenters. The second-order valence-corrected chi connectivity index (χ2v) is 5.54. The van der Waals surface area contributed by atoms with Crippen molar-refractivity contribution in [3.05, 3.63) is 0 Å². The lowest BCUT2D eigenvalue weighted by Gasteiger charge is -2.28. The minimum atomic E-state index is 0.0910. The molecule has 1 rings (SSSR count). The van der Waals surface area contributed by atoms with E-state index in [2.05, 4.69) is 62.8 Å². The summed E-state index contributed by atoms with van der Waals surface area (Å²) in [6.45, 7) is 8.50. The van der Waals surface area contributed by atoms with E-state index in [1.807, 2.05) is 0 Å². The van der Waals surface area contributed by atoms with Gasteiger partial charge in [0.1, 0.15) is 10.7 Å². The highest BCUT2D eigenvalue weighted by Crippen LogP contribution is 2.31. The smallest absolute Gasteiger partial charge is 0.174 e. The summed E-state index contributed by atoms with van der Waals surface area (Å²) in [6.07, 6.45) is 0. The molecule has 1 saturated heterocycles. The zero-order valence-electron chi connectivity index (χ0n) is 9.01. The minimum absolute atomic E-state index is 0.0910. The summed E-state index contributed by atoms with van der Waals surface area (Å²) in [6, 6.07) is 0.756. The number of hydrogen-bond acceptors (Lipinski definition) is 3. The molecule has 0 aromatic carbocycles. The number of thiocarbonyl (C=S) groups is 1. The fourth-order valence-electron chi connectivity index (χ4n) is 1.70. The van der Waals surface area contributed by atoms with Gasteiger partial charge in [-0.15, -0.1) is 0 Å². The van der Waals surface area contributed by atoms with Gasteiger partial charge in [0.25, 0.3) is 0 Å². The number of thiol groups is 2. The SMILES string of the molecule is CC(C)N1C(=S)N(C(C)C)C(S)C1S. The van der Waals surface area contributed by atoms with Crippen LogP contribution in [0.2, 0.25) is 0 Å². The lowest BCUT2D eigenvalue weighted by Crippen LogP contribution is -2.40. The van der Waals surface area contributed by atoms with E-state index >= 15 is 0 Å². The fourth-order valence-corrected chi connectivity index (χ4v) is 3.54. The van der Waals surface area contributed by atoms with Crippen molar-refractivity contribution in [2.75, 3.05) is 0 Å². The Labute approximate surface area is 103 Å². The number of hydrogen-bond donors (Lipinski definition) is 2. The minimum Gasteiger partial charge on any atom is -0.332 e. The standard InChI is InChI=1S/C9H18N2S3/c1-5(2)10-7(12)8(13)11(6(3)4)9(10)14/h5-8,12-13H,1-4H3. The van der Waals surface area contributed by atoms with Gasteiger partial charge in [0.2, 0.25) is 0 Å². The summed E-state index contributed by atoms with van der Waals surface area (Å²) in [5.41, 5.74) is 0. The average Bonchev–Trinajstić information content (AvgIpc) is 2.23. The van der Waals surface area contributed by atoms with Crippen LogP contribution in [-0.2, 0) is 0 Å². The summed E-state index contributed by atoms with van der Waals surface area (Å²) in [7, 11) is 0. The van der Waals surface area contributed by atoms with Crippen LogP contribution in [0.5, 0.6) is 0 Å². The third-order valence-electron chi connectivity index (χ3n) is 2.39. The third-order valence-corrected chi connectivity index (χ3v) is 4.11. The molecule has 0 aromatic rings. The molecular weight excluding hydrogens is 232 g/mol. The Bertz CT molecular complexity index is 208. The van der Waals surface area contributed by atoms with Crippen LogP contribution in [-0.4, -0.2) is 37.7 Å². The summed E-state index contributed by atoms with van der Waals surface area (Å²) in [5, 5.41) is 1.05. The highest BCUT2D eigenvalue weighted by Gasteiger charge is 2.41. The van der Waals surface area contributed by atoms with Crippen molar-refractivity contribution >= 4 is 42.6 Å². The van der Waals surface area contributed by atoms with Crippen LogP contribution in [0.3, 0.4) is 0 Å². The molecule has 14 heavy (non-hydrogen) atoms. The Balaban J connectivity index is 2.91. The van der Waals surface area contributed by atoms with Gasteiger partial charge in [-0.25, -0.2) is 0 Å². The molecular formula is C9H18N2S3. The summed E-state index contributed by atoms with van der Waals surface area (Å²) < 4.78 is 0. The molecule has 0 bridgehead atoms. The quantitative estimate of drug-likeness (QED) is 0.573. The van der Waals surface area contributed by atoms with Crippen molar-refractivity contribution in [1.82, 2.24) is 9.80 Å². The van der Waals surface area contributed by atoms with Gasteiger partial charge < -0.3 is 9.80 Å². The largest absolute Gasteiger partial charge is 0.332 e. The van der Waals surface area contributed by atoms with Crippen molar-refractivity contribution in [2.24, 2.45) is 0 Å². The summed E-state index contributed by atoms with van der Waals surface area (Å²) in [5.74, 6) is 0. The lowest BCUT2D eigenvalue weighted by molar-refractivity contribution is 0.349. The van der Waals surface area contributed by atoms with E-state index < -0.39 is 0 Å². The Morgan fingerprint density at radius 3 is 1.43 bits per heavy atom. The first-order chi connectivity index (χ1) is 6.37. The van der Waals surface area contributed by atoms with Gasteiger partial charge in [-0.05, 0) is 39.9 Å². The number of rotatable bonds is 2. The van der Waals surface area contributed by atoms with Crippen LogP contribution in [0.15, 0.2) is 0 Å². The molecule has 1 fully saturated rings. The van der Waals surface area contributed by atoms with Crippen LogP contribution < -0.4 is 0 Å². The molecule has 0 N–H and O–H groups in total. The van der Waals surface area contributed by atoms with E-state index in [-0.39, 0.29) is 10.7 Å². The van der Waals surface area contributed by atoms with Crippen molar-refractivity contribution < 1.29 is 0 Å². The van der Waals surface area contributed by atoms with E-state index in [0.717, 1.165) is 5.11 Å². The zero-order valence-corrected chi connectivity index (χ0v) is 11.6. The molecule has 0 aromatic heterocycles. The van der Waals surface area contributed by atoms with E-state index in [4.69, 9.17) is 12.2 Å². The maximum Gasteiger partial charge on any atom is 0.174 e. The maximum absolute atomic E-state index is 5.42. The summed E-state index contributed by atoms with van der Waals surface area (Å²) >= 11 is 14.5. The third kappa shape index (κ3) is 1.99. The predicted octanol–water partition coefficient (Wildman–Crippen LogP) is 2.22. The first-order valence-electron chi connectivity index (χ1n) is 4.84. The first kappa shape index (κ1) is 12.5. The molecule has 0 aliphatic carbocycles. The first-order valence-corrected chi connectivity index (χ1v) is 6.28. The molecule has 0 spiro atoms. The maximum atomic E-state index is 5.42. The second kappa shape index (κ2) is 4.49. The molecule has 0 saturated carbocycles. The van der Waals surface area contributed by atoms with Gasteiger partial charge in [-0.3, -0.25) is 0 Å². The second-order valence-electron chi connectivity index (χ2n) is 4.11. The van der Waals surface area contributed by atoms with Crippen LogP contribution >= 0.6 is 37.5 Å². The predicted molar refractivity (Wildman–Crippen MR) is 72.1 cm³/mol. The molecule has 5 heteroatoms. The zero-order chi connectivity index (χ0) is 11.0. The highest BCUT2D eigenvalue weighted by molar-refractivity contribution is 7.85. The lowest BCUT2D eigenvalue weighted by atomic mass is 10.3. The van der Waals surface area contributed by atoms with Crippen molar-refractivity contribution in [1.29, 1.82) is 0 Å². The molecule has 2 nitrogen and oxygen atoms in total. The molecule has 1 aliphatic heterocycles. The molecule has 1 aliphatic rings. The molecule has 0 radical (unpaired) electrons. The van der Waals surface area contributed by atoms with E-state index in [1.165, 1.54) is 0 Å². The topological polar surface area (TPSA) is 6.48 Å². The van der Waals surface area contributed by atoms with E-state index in [9.17, 15) is 0 Å². The van der Waals surface area contributed by atoms with Crippen LogP contribution in [0, 0.1) is 0 Å². The molecule has 1 heterocycles. The van der Waals surface area contributed by atoms with Gasteiger partial charge >= 0.3 is 0 Å². The Hall–Kier alpha value is 0.390. The van der Waals surface area contributed by atoms with Crippen LogP contribution in [0.25, 0.3) is 0 Å². The van der Waals surface area contributed by atoms with E-state index in [0.29, 0.717) is 12.1 Å². The van der Waals surface area contributed by atoms with Crippen molar-refractivity contribution in [3.63, 3.8) is 0 Å². The fraction of sp³-hybridized carbons (Fsp3) is 0.889. The monoisotopic (exact) mass is 250 g/mol. The van der Waals surface area contributed by atoms with Crippen LogP contribution in [0.4, 0.5) is 0 Å². The Kier molecular flexibility index (Phi) is 4.00. The van der Waals surface area contributed by atoms with Gasteiger partial charge in [0, 0.05) is 12.1 Å². The average molecular weight is 250 g/mol. The van der Waals surface area contributed by atoms with Gasteiger partial charge in [-0.1, -0.05) is 0 Å². The highest BCUT2D eigenvalue weighted by atomic mass is 32.1. The van der Waals surface area contributed by atoms with E-state index in [1.54, 1.807) is 0 Å². The van der Waals surface area contributed by atoms with Gasteiger partial charge in [-0.2, -0.15) is 25.3 Å². The van der Waals surface area contributed by atoms with Gasteiger partial charge in [0.05, 0.1) is 0 Å². The normalized spacial score (nSPS) is 28.4. The Morgan fingerprint density at radius 2 is 1.29 bits per heavy atom.